The van der Waals surface area contributed by atoms with E-state index in [1.54, 1.807) is 6.07 Å². The monoisotopic (exact) mass is 310 g/mol. The van der Waals surface area contributed by atoms with Gasteiger partial charge in [0.15, 0.2) is 5.76 Å². The van der Waals surface area contributed by atoms with Crippen molar-refractivity contribution in [3.05, 3.63) is 53.7 Å². The van der Waals surface area contributed by atoms with Gasteiger partial charge in [-0.1, -0.05) is 18.2 Å². The predicted molar refractivity (Wildman–Crippen MR) is 88.5 cm³/mol. The highest BCUT2D eigenvalue weighted by Crippen LogP contribution is 2.18. The van der Waals surface area contributed by atoms with E-state index in [0.717, 1.165) is 16.9 Å². The molecule has 2 heterocycles. The number of carbonyl (C=O) groups is 1. The van der Waals surface area contributed by atoms with Gasteiger partial charge in [0.2, 0.25) is 0 Å². The van der Waals surface area contributed by atoms with Crippen molar-refractivity contribution >= 4 is 22.7 Å². The number of fused-ring (bicyclic) bond motifs is 1. The quantitative estimate of drug-likeness (QED) is 0.802. The molecule has 0 fully saturated rings. The van der Waals surface area contributed by atoms with Crippen molar-refractivity contribution in [3.8, 4) is 0 Å². The molecule has 23 heavy (non-hydrogen) atoms. The molecule has 3 rings (SSSR count). The van der Waals surface area contributed by atoms with Crippen molar-refractivity contribution in [2.24, 2.45) is 0 Å². The first-order valence-corrected chi connectivity index (χ1v) is 7.31. The third kappa shape index (κ3) is 3.31. The van der Waals surface area contributed by atoms with Crippen LogP contribution >= 0.6 is 0 Å². The van der Waals surface area contributed by atoms with E-state index >= 15 is 0 Å². The molecule has 6 nitrogen and oxygen atoms in total. The maximum absolute atomic E-state index is 12.2. The Kier molecular flexibility index (Phi) is 3.97. The number of amides is 1. The molecule has 0 spiro atoms. The van der Waals surface area contributed by atoms with Gasteiger partial charge in [-0.2, -0.15) is 0 Å². The molecular formula is C17H18N4O2. The van der Waals surface area contributed by atoms with Crippen molar-refractivity contribution in [1.29, 1.82) is 0 Å². The average Bonchev–Trinajstić information content (AvgIpc) is 2.96. The lowest BCUT2D eigenvalue weighted by atomic mass is 10.2. The third-order valence-corrected chi connectivity index (χ3v) is 3.40. The van der Waals surface area contributed by atoms with E-state index in [1.165, 1.54) is 0 Å². The molecule has 0 bridgehead atoms. The highest BCUT2D eigenvalue weighted by molar-refractivity contribution is 5.95. The maximum atomic E-state index is 12.2. The van der Waals surface area contributed by atoms with Crippen LogP contribution in [0.3, 0.4) is 0 Å². The second kappa shape index (κ2) is 6.08. The number of hydrogen-bond donors (Lipinski definition) is 1. The van der Waals surface area contributed by atoms with Crippen LogP contribution in [0, 0.1) is 6.92 Å². The summed E-state index contributed by atoms with van der Waals surface area (Å²) in [7, 11) is 3.83. The number of nitrogens with zero attached hydrogens (tertiary/aromatic N) is 3. The number of hydrogen-bond acceptors (Lipinski definition) is 5. The zero-order valence-electron chi connectivity index (χ0n) is 13.3. The van der Waals surface area contributed by atoms with Gasteiger partial charge in [0.25, 0.3) is 5.91 Å². The molecule has 1 amide bonds. The van der Waals surface area contributed by atoms with Gasteiger partial charge in [0.05, 0.1) is 6.54 Å². The maximum Gasteiger partial charge on any atom is 0.287 e. The first-order chi connectivity index (χ1) is 11.0. The molecule has 0 saturated heterocycles. The molecule has 1 N–H and O–H groups in total. The van der Waals surface area contributed by atoms with Crippen molar-refractivity contribution in [1.82, 2.24) is 15.3 Å². The summed E-state index contributed by atoms with van der Waals surface area (Å²) in [5.41, 5.74) is 1.55. The molecule has 6 heteroatoms. The molecule has 0 aliphatic heterocycles. The second-order valence-electron chi connectivity index (χ2n) is 5.51. The van der Waals surface area contributed by atoms with Crippen LogP contribution in [0.5, 0.6) is 0 Å². The summed E-state index contributed by atoms with van der Waals surface area (Å²) < 4.78 is 5.54. The molecule has 1 aromatic carbocycles. The minimum Gasteiger partial charge on any atom is -0.451 e. The fraction of sp³-hybridized carbons (Fsp3) is 0.235. The number of para-hydroxylation sites is 1. The molecule has 0 aliphatic rings. The topological polar surface area (TPSA) is 71.3 Å². The molecule has 0 saturated carbocycles. The summed E-state index contributed by atoms with van der Waals surface area (Å²) >= 11 is 0. The Morgan fingerprint density at radius 2 is 2.00 bits per heavy atom. The summed E-state index contributed by atoms with van der Waals surface area (Å²) in [6, 6.07) is 11.1. The Labute approximate surface area is 134 Å². The summed E-state index contributed by atoms with van der Waals surface area (Å²) in [5, 5.41) is 3.70. The van der Waals surface area contributed by atoms with Gasteiger partial charge in [0.1, 0.15) is 17.2 Å². The van der Waals surface area contributed by atoms with Crippen LogP contribution < -0.4 is 10.2 Å². The lowest BCUT2D eigenvalue weighted by molar-refractivity contribution is 0.0924. The van der Waals surface area contributed by atoms with Gasteiger partial charge in [-0.3, -0.25) is 4.79 Å². The number of anilines is 1. The van der Waals surface area contributed by atoms with Crippen LogP contribution in [0.2, 0.25) is 0 Å². The van der Waals surface area contributed by atoms with E-state index in [9.17, 15) is 4.79 Å². The minimum absolute atomic E-state index is 0.248. The molecule has 0 unspecified atom stereocenters. The lowest BCUT2D eigenvalue weighted by Gasteiger charge is -2.13. The van der Waals surface area contributed by atoms with Crippen molar-refractivity contribution < 1.29 is 9.21 Å². The molecule has 0 atom stereocenters. The number of benzene rings is 1. The van der Waals surface area contributed by atoms with Gasteiger partial charge < -0.3 is 14.6 Å². The van der Waals surface area contributed by atoms with Gasteiger partial charge in [-0.25, -0.2) is 9.97 Å². The standard InChI is InChI=1S/C17H18N4O2/c1-11-8-16(21(2)3)20-15(19-11)10-18-17(22)14-9-12-6-4-5-7-13(12)23-14/h4-9H,10H2,1-3H3,(H,18,22). The summed E-state index contributed by atoms with van der Waals surface area (Å²) in [4.78, 5) is 22.9. The van der Waals surface area contributed by atoms with E-state index in [-0.39, 0.29) is 18.2 Å². The molecule has 2 aromatic heterocycles. The Morgan fingerprint density at radius 1 is 1.22 bits per heavy atom. The fourth-order valence-electron chi connectivity index (χ4n) is 2.26. The molecule has 3 aromatic rings. The number of aryl methyl sites for hydroxylation is 1. The lowest BCUT2D eigenvalue weighted by Crippen LogP contribution is -2.24. The number of rotatable bonds is 4. The molecule has 0 radical (unpaired) electrons. The average molecular weight is 310 g/mol. The van der Waals surface area contributed by atoms with Crippen LogP contribution in [-0.4, -0.2) is 30.0 Å². The Bertz CT molecular complexity index is 822. The van der Waals surface area contributed by atoms with Crippen LogP contribution in [0.25, 0.3) is 11.0 Å². The van der Waals surface area contributed by atoms with E-state index in [0.29, 0.717) is 11.4 Å². The van der Waals surface area contributed by atoms with Crippen LogP contribution in [0.4, 0.5) is 5.82 Å². The minimum atomic E-state index is -0.280. The van der Waals surface area contributed by atoms with Crippen molar-refractivity contribution in [2.75, 3.05) is 19.0 Å². The second-order valence-corrected chi connectivity index (χ2v) is 5.51. The first kappa shape index (κ1) is 15.0. The Balaban J connectivity index is 1.73. The summed E-state index contributed by atoms with van der Waals surface area (Å²) in [5.74, 6) is 1.38. The van der Waals surface area contributed by atoms with Crippen LogP contribution in [-0.2, 0) is 6.54 Å². The first-order valence-electron chi connectivity index (χ1n) is 7.31. The van der Waals surface area contributed by atoms with Crippen molar-refractivity contribution in [3.63, 3.8) is 0 Å². The van der Waals surface area contributed by atoms with Gasteiger partial charge in [0, 0.05) is 31.2 Å². The normalized spacial score (nSPS) is 10.7. The van der Waals surface area contributed by atoms with E-state index in [1.807, 2.05) is 56.3 Å². The third-order valence-electron chi connectivity index (χ3n) is 3.40. The fourth-order valence-corrected chi connectivity index (χ4v) is 2.26. The summed E-state index contributed by atoms with van der Waals surface area (Å²) in [6.45, 7) is 2.15. The van der Waals surface area contributed by atoms with Gasteiger partial charge in [-0.15, -0.1) is 0 Å². The highest BCUT2D eigenvalue weighted by Gasteiger charge is 2.13. The van der Waals surface area contributed by atoms with E-state index < -0.39 is 0 Å². The van der Waals surface area contributed by atoms with E-state index in [4.69, 9.17) is 4.42 Å². The zero-order valence-corrected chi connectivity index (χ0v) is 13.3. The van der Waals surface area contributed by atoms with Crippen molar-refractivity contribution in [2.45, 2.75) is 13.5 Å². The zero-order chi connectivity index (χ0) is 16.4. The number of nitrogens with one attached hydrogen (secondary N) is 1. The molecule has 0 aliphatic carbocycles. The SMILES string of the molecule is Cc1cc(N(C)C)nc(CNC(=O)c2cc3ccccc3o2)n1. The number of aromatic nitrogens is 2. The van der Waals surface area contributed by atoms with E-state index in [2.05, 4.69) is 15.3 Å². The summed E-state index contributed by atoms with van der Waals surface area (Å²) in [6.07, 6.45) is 0. The smallest absolute Gasteiger partial charge is 0.287 e. The molecular weight excluding hydrogens is 292 g/mol. The highest BCUT2D eigenvalue weighted by atomic mass is 16.3. The van der Waals surface area contributed by atoms with Gasteiger partial charge in [-0.05, 0) is 19.1 Å². The Hall–Kier alpha value is -2.89. The number of carbonyl (C=O) groups excluding carboxylic acids is 1. The largest absolute Gasteiger partial charge is 0.451 e. The number of furan rings is 1. The van der Waals surface area contributed by atoms with Crippen LogP contribution in [0.15, 0.2) is 40.8 Å². The Morgan fingerprint density at radius 3 is 2.74 bits per heavy atom. The predicted octanol–water partition coefficient (Wildman–Crippen LogP) is 2.53. The van der Waals surface area contributed by atoms with Gasteiger partial charge >= 0.3 is 0 Å². The van der Waals surface area contributed by atoms with Crippen LogP contribution in [0.1, 0.15) is 22.1 Å². The molecule has 118 valence electrons.